The number of nitrogen functional groups attached to an aromatic ring is 1. The summed E-state index contributed by atoms with van der Waals surface area (Å²) in [5.74, 6) is -1.45. The van der Waals surface area contributed by atoms with E-state index < -0.39 is 21.6 Å². The van der Waals surface area contributed by atoms with Gasteiger partial charge < -0.3 is 20.4 Å². The molecule has 0 radical (unpaired) electrons. The maximum absolute atomic E-state index is 15.6. The molecule has 14 heteroatoms. The molecule has 48 heavy (non-hydrogen) atoms. The zero-order chi connectivity index (χ0) is 34.0. The zero-order valence-corrected chi connectivity index (χ0v) is 26.7. The Labute approximate surface area is 275 Å². The van der Waals surface area contributed by atoms with Crippen molar-refractivity contribution in [1.82, 2.24) is 29.5 Å². The number of aryl methyl sites for hydroxylation is 2. The summed E-state index contributed by atoms with van der Waals surface area (Å²) in [7, 11) is -3.63. The maximum atomic E-state index is 15.6. The van der Waals surface area contributed by atoms with Crippen LogP contribution in [-0.2, 0) is 14.6 Å². The van der Waals surface area contributed by atoms with Crippen LogP contribution in [0, 0.1) is 19.7 Å². The number of pyridine rings is 1. The van der Waals surface area contributed by atoms with Crippen molar-refractivity contribution in [3.63, 3.8) is 0 Å². The van der Waals surface area contributed by atoms with E-state index in [2.05, 4.69) is 36.8 Å². The molecule has 0 unspecified atom stereocenters. The Hall–Kier alpha value is -6.02. The topological polar surface area (TPSA) is 168 Å². The van der Waals surface area contributed by atoms with Crippen molar-refractivity contribution in [3.8, 4) is 28.8 Å². The van der Waals surface area contributed by atoms with Crippen LogP contribution in [0.3, 0.4) is 0 Å². The number of carbonyl (C=O) groups is 1. The largest absolute Gasteiger partial charge is 0.421 e. The third-order valence-corrected chi connectivity index (χ3v) is 9.18. The van der Waals surface area contributed by atoms with Crippen LogP contribution in [0.15, 0.2) is 90.9 Å². The fraction of sp³-hybridized carbons (Fsp3) is 0.118. The number of aromatic nitrogens is 6. The summed E-state index contributed by atoms with van der Waals surface area (Å²) in [6.07, 6.45) is 5.66. The number of carbonyl (C=O) groups excluding carboxylic acids is 1. The molecular weight excluding hydrogens is 635 g/mol. The predicted molar refractivity (Wildman–Crippen MR) is 180 cm³/mol. The number of benzene rings is 2. The number of nitrogens with zero attached hydrogens (tertiary/aromatic N) is 6. The van der Waals surface area contributed by atoms with E-state index in [1.54, 1.807) is 60.9 Å². The van der Waals surface area contributed by atoms with Gasteiger partial charge in [-0.25, -0.2) is 32.7 Å². The van der Waals surface area contributed by atoms with Crippen LogP contribution in [0.2, 0.25) is 0 Å². The van der Waals surface area contributed by atoms with Gasteiger partial charge in [0.15, 0.2) is 27.2 Å². The van der Waals surface area contributed by atoms with Crippen LogP contribution in [0.25, 0.3) is 34.2 Å². The molecule has 0 saturated carbocycles. The predicted octanol–water partition coefficient (Wildman–Crippen LogP) is 5.85. The number of nitrogens with two attached hydrogens (primary N) is 1. The minimum Gasteiger partial charge on any atom is -0.421 e. The number of rotatable bonds is 10. The summed E-state index contributed by atoms with van der Waals surface area (Å²) in [5.41, 5.74) is 10.8. The Morgan fingerprint density at radius 3 is 2.56 bits per heavy atom. The summed E-state index contributed by atoms with van der Waals surface area (Å²) in [6.45, 7) is 7.55. The van der Waals surface area contributed by atoms with Gasteiger partial charge >= 0.3 is 6.01 Å². The number of hydrogen-bond acceptors (Lipinski definition) is 10. The maximum Gasteiger partial charge on any atom is 0.322 e. The number of amides is 1. The second-order valence-corrected chi connectivity index (χ2v) is 12.9. The highest BCUT2D eigenvalue weighted by molar-refractivity contribution is 7.91. The van der Waals surface area contributed by atoms with E-state index in [9.17, 15) is 13.2 Å². The third kappa shape index (κ3) is 6.33. The Kier molecular flexibility index (Phi) is 8.65. The minimum atomic E-state index is -3.63. The molecule has 0 fully saturated rings. The van der Waals surface area contributed by atoms with E-state index in [1.807, 2.05) is 0 Å². The normalized spacial score (nSPS) is 11.4. The van der Waals surface area contributed by atoms with Crippen molar-refractivity contribution in [2.24, 2.45) is 0 Å². The first-order valence-electron chi connectivity index (χ1n) is 14.6. The molecule has 12 nitrogen and oxygen atoms in total. The van der Waals surface area contributed by atoms with Crippen LogP contribution in [-0.4, -0.2) is 49.6 Å². The zero-order valence-electron chi connectivity index (χ0n) is 25.9. The molecule has 0 aliphatic heterocycles. The molecule has 0 bridgehead atoms. The second-order valence-electron chi connectivity index (χ2n) is 10.8. The summed E-state index contributed by atoms with van der Waals surface area (Å²) in [4.78, 5) is 34.4. The van der Waals surface area contributed by atoms with Crippen molar-refractivity contribution in [3.05, 3.63) is 109 Å². The van der Waals surface area contributed by atoms with Crippen molar-refractivity contribution in [2.75, 3.05) is 16.8 Å². The van der Waals surface area contributed by atoms with E-state index >= 15 is 4.39 Å². The van der Waals surface area contributed by atoms with Gasteiger partial charge in [0.1, 0.15) is 17.4 Å². The fourth-order valence-corrected chi connectivity index (χ4v) is 6.47. The van der Waals surface area contributed by atoms with E-state index in [0.29, 0.717) is 50.6 Å². The molecular formula is C34H29FN8O4S. The van der Waals surface area contributed by atoms with Gasteiger partial charge in [-0.2, -0.15) is 0 Å². The standard InChI is InChI=1S/C34H29FN8O4S/c1-4-25-30-32(33(36)40-19-39-30)43(23-10-11-27(26(35)17-23)47-34-37-14-12-21(3)41-34)31(25)29-20(2)16-22(18-38-29)42-28(44)13-15-48(45,46)24-8-6-5-7-9-24/h4-12,14,16-19H,1,13,15H2,2-3H3,(H,42,44)(H2,36,39,40). The minimum absolute atomic E-state index is 0.00478. The van der Waals surface area contributed by atoms with Crippen LogP contribution < -0.4 is 15.8 Å². The summed E-state index contributed by atoms with van der Waals surface area (Å²) in [6, 6.07) is 15.7. The Morgan fingerprint density at radius 1 is 1.06 bits per heavy atom. The molecule has 242 valence electrons. The molecule has 4 heterocycles. The lowest BCUT2D eigenvalue weighted by molar-refractivity contribution is -0.115. The van der Waals surface area contributed by atoms with E-state index in [-0.39, 0.29) is 34.6 Å². The molecule has 0 spiro atoms. The lowest BCUT2D eigenvalue weighted by atomic mass is 10.1. The van der Waals surface area contributed by atoms with Crippen molar-refractivity contribution < 1.29 is 22.3 Å². The highest BCUT2D eigenvalue weighted by Crippen LogP contribution is 2.39. The Balaban J connectivity index is 1.34. The van der Waals surface area contributed by atoms with Gasteiger partial charge in [-0.15, -0.1) is 0 Å². The molecule has 0 aliphatic rings. The van der Waals surface area contributed by atoms with Crippen molar-refractivity contribution >= 4 is 44.4 Å². The molecule has 6 rings (SSSR count). The molecule has 4 aromatic heterocycles. The average molecular weight is 665 g/mol. The van der Waals surface area contributed by atoms with Crippen LogP contribution in [0.4, 0.5) is 15.9 Å². The number of fused-ring (bicyclic) bond motifs is 1. The fourth-order valence-electron chi connectivity index (χ4n) is 5.21. The number of sulfone groups is 1. The average Bonchev–Trinajstić information content (AvgIpc) is 3.40. The molecule has 1 amide bonds. The highest BCUT2D eigenvalue weighted by Gasteiger charge is 2.25. The van der Waals surface area contributed by atoms with Gasteiger partial charge in [-0.3, -0.25) is 9.78 Å². The lowest BCUT2D eigenvalue weighted by Crippen LogP contribution is -2.17. The highest BCUT2D eigenvalue weighted by atomic mass is 32.2. The quantitative estimate of drug-likeness (QED) is 0.181. The van der Waals surface area contributed by atoms with Gasteiger partial charge in [0.05, 0.1) is 33.9 Å². The van der Waals surface area contributed by atoms with Crippen molar-refractivity contribution in [2.45, 2.75) is 25.2 Å². The Bertz CT molecular complexity index is 2310. The second kappa shape index (κ2) is 13.0. The Morgan fingerprint density at radius 2 is 1.85 bits per heavy atom. The number of anilines is 2. The number of hydrogen-bond donors (Lipinski definition) is 2. The number of halogens is 1. The van der Waals surface area contributed by atoms with Gasteiger partial charge in [0, 0.05) is 35.6 Å². The number of ether oxygens (including phenoxy) is 1. The summed E-state index contributed by atoms with van der Waals surface area (Å²) < 4.78 is 48.1. The SMILES string of the molecule is C=Cc1c(-c2ncc(NC(=O)CCS(=O)(=O)c3ccccc3)cc2C)n(-c2ccc(Oc3nccc(C)n3)c(F)c2)c2c(N)ncnc12. The molecule has 2 aromatic carbocycles. The molecule has 0 saturated heterocycles. The molecule has 0 aliphatic carbocycles. The van der Waals surface area contributed by atoms with E-state index in [0.717, 1.165) is 0 Å². The monoisotopic (exact) mass is 664 g/mol. The van der Waals surface area contributed by atoms with Gasteiger partial charge in [-0.05, 0) is 55.8 Å². The van der Waals surface area contributed by atoms with Crippen LogP contribution in [0.5, 0.6) is 11.8 Å². The van der Waals surface area contributed by atoms with E-state index in [1.165, 1.54) is 43.0 Å². The molecule has 3 N–H and O–H groups in total. The van der Waals surface area contributed by atoms with Crippen LogP contribution >= 0.6 is 0 Å². The lowest BCUT2D eigenvalue weighted by Gasteiger charge is -2.15. The summed E-state index contributed by atoms with van der Waals surface area (Å²) >= 11 is 0. The number of nitrogens with one attached hydrogen (secondary N) is 1. The third-order valence-electron chi connectivity index (χ3n) is 7.45. The van der Waals surface area contributed by atoms with Gasteiger partial charge in [-0.1, -0.05) is 30.9 Å². The van der Waals surface area contributed by atoms with Crippen LogP contribution in [0.1, 0.15) is 23.2 Å². The molecule has 6 aromatic rings. The van der Waals surface area contributed by atoms with E-state index in [4.69, 9.17) is 10.5 Å². The van der Waals surface area contributed by atoms with Gasteiger partial charge in [0.2, 0.25) is 5.91 Å². The molecule has 0 atom stereocenters. The first-order chi connectivity index (χ1) is 23.1. The smallest absolute Gasteiger partial charge is 0.322 e. The first-order valence-corrected chi connectivity index (χ1v) is 16.3. The van der Waals surface area contributed by atoms with Gasteiger partial charge in [0.25, 0.3) is 0 Å². The summed E-state index contributed by atoms with van der Waals surface area (Å²) in [5, 5.41) is 2.72. The first kappa shape index (κ1) is 31.9. The van der Waals surface area contributed by atoms with Crippen molar-refractivity contribution in [1.29, 1.82) is 0 Å².